The average Bonchev–Trinajstić information content (AvgIpc) is 2.15. The molecule has 0 unspecified atom stereocenters. The van der Waals surface area contributed by atoms with Gasteiger partial charge in [-0.2, -0.15) is 0 Å². The molecular formula is C10H13ClN2. The van der Waals surface area contributed by atoms with E-state index in [9.17, 15) is 0 Å². The summed E-state index contributed by atoms with van der Waals surface area (Å²) in [5.74, 6) is 0.582. The van der Waals surface area contributed by atoms with E-state index in [1.54, 1.807) is 0 Å². The van der Waals surface area contributed by atoms with Crippen LogP contribution in [0.4, 0.5) is 0 Å². The maximum absolute atomic E-state index is 5.74. The number of hydrogen-bond acceptors (Lipinski definition) is 1. The molecule has 0 heterocycles. The fourth-order valence-corrected chi connectivity index (χ4v) is 1.07. The molecule has 2 nitrogen and oxygen atoms in total. The fraction of sp³-hybridized carbons (Fsp3) is 0.300. The number of halogens is 1. The van der Waals surface area contributed by atoms with Gasteiger partial charge in [0.15, 0.2) is 0 Å². The molecule has 70 valence electrons. The minimum atomic E-state index is 0.582. The predicted molar refractivity (Wildman–Crippen MR) is 57.3 cm³/mol. The van der Waals surface area contributed by atoms with Gasteiger partial charge in [-0.15, -0.1) is 0 Å². The van der Waals surface area contributed by atoms with Crippen molar-refractivity contribution in [1.82, 2.24) is 0 Å². The maximum atomic E-state index is 5.74. The summed E-state index contributed by atoms with van der Waals surface area (Å²) in [5, 5.41) is 0.715. The van der Waals surface area contributed by atoms with E-state index in [2.05, 4.69) is 11.9 Å². The van der Waals surface area contributed by atoms with Crippen molar-refractivity contribution in [2.24, 2.45) is 10.7 Å². The van der Waals surface area contributed by atoms with E-state index in [0.29, 0.717) is 10.9 Å². The zero-order chi connectivity index (χ0) is 9.68. The molecule has 1 rings (SSSR count). The Bertz CT molecular complexity index is 290. The van der Waals surface area contributed by atoms with Gasteiger partial charge in [0.05, 0.1) is 0 Å². The molecule has 2 N–H and O–H groups in total. The molecule has 0 aliphatic rings. The Morgan fingerprint density at radius 2 is 2.00 bits per heavy atom. The summed E-state index contributed by atoms with van der Waals surface area (Å²) in [4.78, 5) is 4.19. The van der Waals surface area contributed by atoms with Gasteiger partial charge in [0.25, 0.3) is 0 Å². The van der Waals surface area contributed by atoms with Crippen molar-refractivity contribution in [1.29, 1.82) is 0 Å². The second kappa shape index (κ2) is 4.87. The van der Waals surface area contributed by atoms with Gasteiger partial charge in [-0.05, 0) is 30.7 Å². The first-order chi connectivity index (χ1) is 6.24. The van der Waals surface area contributed by atoms with Gasteiger partial charge in [0.1, 0.15) is 5.84 Å². The van der Waals surface area contributed by atoms with Crippen molar-refractivity contribution in [3.63, 3.8) is 0 Å². The molecule has 1 aromatic rings. The lowest BCUT2D eigenvalue weighted by Gasteiger charge is -2.00. The summed E-state index contributed by atoms with van der Waals surface area (Å²) in [6, 6.07) is 7.37. The Labute approximate surface area is 83.4 Å². The highest BCUT2D eigenvalue weighted by Crippen LogP contribution is 2.09. The van der Waals surface area contributed by atoms with Crippen molar-refractivity contribution >= 4 is 17.4 Å². The van der Waals surface area contributed by atoms with Crippen LogP contribution in [-0.2, 0) is 0 Å². The molecule has 0 aliphatic heterocycles. The van der Waals surface area contributed by atoms with Crippen LogP contribution in [0.25, 0.3) is 0 Å². The molecule has 3 heteroatoms. The third kappa shape index (κ3) is 3.07. The number of rotatable bonds is 3. The first kappa shape index (κ1) is 10.1. The summed E-state index contributed by atoms with van der Waals surface area (Å²) >= 11 is 5.74. The summed E-state index contributed by atoms with van der Waals surface area (Å²) in [6.07, 6.45) is 1.01. The zero-order valence-electron chi connectivity index (χ0n) is 7.63. The van der Waals surface area contributed by atoms with Gasteiger partial charge < -0.3 is 5.73 Å². The van der Waals surface area contributed by atoms with Gasteiger partial charge in [-0.25, -0.2) is 0 Å². The lowest BCUT2D eigenvalue weighted by atomic mass is 10.2. The van der Waals surface area contributed by atoms with E-state index in [4.69, 9.17) is 17.3 Å². The topological polar surface area (TPSA) is 38.4 Å². The van der Waals surface area contributed by atoms with E-state index in [-0.39, 0.29) is 0 Å². The quantitative estimate of drug-likeness (QED) is 0.586. The van der Waals surface area contributed by atoms with Crippen LogP contribution in [0.3, 0.4) is 0 Å². The Hall–Kier alpha value is -1.02. The highest BCUT2D eigenvalue weighted by molar-refractivity contribution is 6.30. The molecule has 1 aromatic carbocycles. The standard InChI is InChI=1S/C10H13ClN2/c1-2-7-13-10(12)8-3-5-9(11)6-4-8/h3-6H,2,7H2,1H3,(H2,12,13). The number of benzene rings is 1. The van der Waals surface area contributed by atoms with Gasteiger partial charge in [0, 0.05) is 17.1 Å². The van der Waals surface area contributed by atoms with Crippen LogP contribution in [0.5, 0.6) is 0 Å². The molecule has 0 atom stereocenters. The van der Waals surface area contributed by atoms with E-state index >= 15 is 0 Å². The number of nitrogens with zero attached hydrogens (tertiary/aromatic N) is 1. The SMILES string of the molecule is CCCN=C(N)c1ccc(Cl)cc1. The minimum Gasteiger partial charge on any atom is -0.384 e. The van der Waals surface area contributed by atoms with Crippen molar-refractivity contribution in [3.8, 4) is 0 Å². The van der Waals surface area contributed by atoms with E-state index in [1.165, 1.54) is 0 Å². The number of nitrogens with two attached hydrogens (primary N) is 1. The van der Waals surface area contributed by atoms with Gasteiger partial charge in [0.2, 0.25) is 0 Å². The predicted octanol–water partition coefficient (Wildman–Crippen LogP) is 2.46. The van der Waals surface area contributed by atoms with Crippen LogP contribution in [0, 0.1) is 0 Å². The third-order valence-corrected chi connectivity index (χ3v) is 1.90. The van der Waals surface area contributed by atoms with Crippen LogP contribution in [0.2, 0.25) is 5.02 Å². The molecule has 0 fully saturated rings. The molecule has 0 bridgehead atoms. The van der Waals surface area contributed by atoms with Crippen molar-refractivity contribution < 1.29 is 0 Å². The zero-order valence-corrected chi connectivity index (χ0v) is 8.38. The molecule has 13 heavy (non-hydrogen) atoms. The second-order valence-corrected chi connectivity index (χ2v) is 3.21. The molecule has 0 saturated heterocycles. The largest absolute Gasteiger partial charge is 0.384 e. The lowest BCUT2D eigenvalue weighted by Crippen LogP contribution is -2.13. The minimum absolute atomic E-state index is 0.582. The molecule has 0 spiro atoms. The molecule has 0 radical (unpaired) electrons. The number of aliphatic imine (C=N–C) groups is 1. The number of amidine groups is 1. The summed E-state index contributed by atoms with van der Waals surface area (Å²) in [5.41, 5.74) is 6.67. The maximum Gasteiger partial charge on any atom is 0.125 e. The van der Waals surface area contributed by atoms with Gasteiger partial charge >= 0.3 is 0 Å². The lowest BCUT2D eigenvalue weighted by molar-refractivity contribution is 0.930. The average molecular weight is 197 g/mol. The normalized spacial score (nSPS) is 11.7. The molecule has 0 saturated carbocycles. The van der Waals surface area contributed by atoms with Crippen LogP contribution >= 0.6 is 11.6 Å². The smallest absolute Gasteiger partial charge is 0.125 e. The van der Waals surface area contributed by atoms with E-state index < -0.39 is 0 Å². The molecular weight excluding hydrogens is 184 g/mol. The molecule has 0 amide bonds. The van der Waals surface area contributed by atoms with Crippen molar-refractivity contribution in [2.75, 3.05) is 6.54 Å². The van der Waals surface area contributed by atoms with Crippen LogP contribution in [-0.4, -0.2) is 12.4 Å². The summed E-state index contributed by atoms with van der Waals surface area (Å²) in [6.45, 7) is 2.84. The summed E-state index contributed by atoms with van der Waals surface area (Å²) in [7, 11) is 0. The Morgan fingerprint density at radius 3 is 2.54 bits per heavy atom. The highest BCUT2D eigenvalue weighted by atomic mass is 35.5. The second-order valence-electron chi connectivity index (χ2n) is 2.77. The van der Waals surface area contributed by atoms with Crippen molar-refractivity contribution in [3.05, 3.63) is 34.9 Å². The monoisotopic (exact) mass is 196 g/mol. The summed E-state index contributed by atoms with van der Waals surface area (Å²) < 4.78 is 0. The third-order valence-electron chi connectivity index (χ3n) is 1.65. The van der Waals surface area contributed by atoms with Gasteiger partial charge in [-0.1, -0.05) is 18.5 Å². The van der Waals surface area contributed by atoms with Crippen molar-refractivity contribution in [2.45, 2.75) is 13.3 Å². The van der Waals surface area contributed by atoms with Crippen LogP contribution in [0.15, 0.2) is 29.3 Å². The number of hydrogen-bond donors (Lipinski definition) is 1. The first-order valence-electron chi connectivity index (χ1n) is 4.30. The highest BCUT2D eigenvalue weighted by Gasteiger charge is 1.96. The molecule has 0 aliphatic carbocycles. The first-order valence-corrected chi connectivity index (χ1v) is 4.67. The molecule has 0 aromatic heterocycles. The van der Waals surface area contributed by atoms with E-state index in [1.807, 2.05) is 24.3 Å². The van der Waals surface area contributed by atoms with Crippen LogP contribution in [0.1, 0.15) is 18.9 Å². The Morgan fingerprint density at radius 1 is 1.38 bits per heavy atom. The Balaban J connectivity index is 2.77. The fourth-order valence-electron chi connectivity index (χ4n) is 0.944. The van der Waals surface area contributed by atoms with Crippen LogP contribution < -0.4 is 5.73 Å². The Kier molecular flexibility index (Phi) is 3.77. The van der Waals surface area contributed by atoms with E-state index in [0.717, 1.165) is 18.5 Å². The van der Waals surface area contributed by atoms with Gasteiger partial charge in [-0.3, -0.25) is 4.99 Å².